The molecule has 72 valence electrons. The van der Waals surface area contributed by atoms with Gasteiger partial charge in [0.1, 0.15) is 0 Å². The number of hydrogen-bond acceptors (Lipinski definition) is 2. The highest BCUT2D eigenvalue weighted by molar-refractivity contribution is 6.29. The molecule has 1 aromatic heterocycles. The number of fused-ring (bicyclic) bond motifs is 1. The van der Waals surface area contributed by atoms with Crippen LogP contribution in [0, 0.1) is 0 Å². The van der Waals surface area contributed by atoms with Crippen molar-refractivity contribution in [2.24, 2.45) is 0 Å². The molecule has 0 bridgehead atoms. The fourth-order valence-corrected chi connectivity index (χ4v) is 1.31. The van der Waals surface area contributed by atoms with E-state index in [1.807, 2.05) is 18.2 Å². The lowest BCUT2D eigenvalue weighted by molar-refractivity contribution is 1.12. The molecule has 1 aromatic carbocycles. The van der Waals surface area contributed by atoms with E-state index in [1.54, 1.807) is 6.20 Å². The van der Waals surface area contributed by atoms with Crippen molar-refractivity contribution in [3.8, 4) is 0 Å². The molecular formula is C10H10ClN3. The van der Waals surface area contributed by atoms with Crippen LogP contribution < -0.4 is 5.32 Å². The molecule has 2 rings (SSSR count). The molecule has 4 heteroatoms. The minimum absolute atomic E-state index is 0.571. The van der Waals surface area contributed by atoms with Crippen molar-refractivity contribution in [1.82, 2.24) is 10.2 Å². The highest BCUT2D eigenvalue weighted by atomic mass is 35.5. The maximum Gasteiger partial charge on any atom is 0.0670 e. The van der Waals surface area contributed by atoms with Gasteiger partial charge in [0.05, 0.1) is 18.3 Å². The lowest BCUT2D eigenvalue weighted by Gasteiger charge is -2.04. The van der Waals surface area contributed by atoms with Gasteiger partial charge in [-0.15, -0.1) is 0 Å². The van der Waals surface area contributed by atoms with Crippen molar-refractivity contribution in [2.75, 3.05) is 11.9 Å². The maximum atomic E-state index is 5.65. The van der Waals surface area contributed by atoms with Crippen molar-refractivity contribution in [3.05, 3.63) is 36.0 Å². The first-order valence-corrected chi connectivity index (χ1v) is 4.64. The van der Waals surface area contributed by atoms with Gasteiger partial charge in [-0.25, -0.2) is 0 Å². The van der Waals surface area contributed by atoms with Gasteiger partial charge in [-0.05, 0) is 18.2 Å². The van der Waals surface area contributed by atoms with E-state index in [1.165, 1.54) is 0 Å². The molecule has 0 aliphatic rings. The van der Waals surface area contributed by atoms with E-state index in [-0.39, 0.29) is 0 Å². The van der Waals surface area contributed by atoms with Gasteiger partial charge in [0.15, 0.2) is 0 Å². The summed E-state index contributed by atoms with van der Waals surface area (Å²) in [5.74, 6) is 0. The number of benzene rings is 1. The molecular weight excluding hydrogens is 198 g/mol. The molecule has 0 saturated carbocycles. The molecule has 0 atom stereocenters. The minimum Gasteiger partial charge on any atom is -0.380 e. The number of anilines is 1. The zero-order chi connectivity index (χ0) is 9.97. The van der Waals surface area contributed by atoms with E-state index in [9.17, 15) is 0 Å². The predicted octanol–water partition coefficient (Wildman–Crippen LogP) is 2.73. The van der Waals surface area contributed by atoms with E-state index in [2.05, 4.69) is 22.1 Å². The second-order valence-electron chi connectivity index (χ2n) is 3.04. The standard InChI is InChI=1S/C10H10ClN3/c1-7(11)5-12-9-3-2-8-6-13-14-10(8)4-9/h2-4,6,12H,1,5H2,(H,13,14). The Morgan fingerprint density at radius 3 is 3.21 bits per heavy atom. The third-order valence-electron chi connectivity index (χ3n) is 1.93. The Kier molecular flexibility index (Phi) is 2.41. The average molecular weight is 208 g/mol. The molecule has 0 aliphatic carbocycles. The monoisotopic (exact) mass is 207 g/mol. The average Bonchev–Trinajstić information content (AvgIpc) is 2.61. The SMILES string of the molecule is C=C(Cl)CNc1ccc2cn[nH]c2c1. The Morgan fingerprint density at radius 1 is 1.57 bits per heavy atom. The number of nitrogens with zero attached hydrogens (tertiary/aromatic N) is 1. The van der Waals surface area contributed by atoms with Crippen LogP contribution in [0.4, 0.5) is 5.69 Å². The number of H-pyrrole nitrogens is 1. The molecule has 2 N–H and O–H groups in total. The van der Waals surface area contributed by atoms with Gasteiger partial charge >= 0.3 is 0 Å². The van der Waals surface area contributed by atoms with Gasteiger partial charge in [0, 0.05) is 16.1 Å². The summed E-state index contributed by atoms with van der Waals surface area (Å²) in [5, 5.41) is 11.7. The van der Waals surface area contributed by atoms with Crippen LogP contribution in [-0.4, -0.2) is 16.7 Å². The Bertz CT molecular complexity index is 461. The van der Waals surface area contributed by atoms with E-state index in [4.69, 9.17) is 11.6 Å². The van der Waals surface area contributed by atoms with Crippen LogP contribution in [0.15, 0.2) is 36.0 Å². The summed E-state index contributed by atoms with van der Waals surface area (Å²) in [6.45, 7) is 4.18. The molecule has 0 radical (unpaired) electrons. The van der Waals surface area contributed by atoms with Gasteiger partial charge in [0.2, 0.25) is 0 Å². The quantitative estimate of drug-likeness (QED) is 0.813. The Hall–Kier alpha value is -1.48. The van der Waals surface area contributed by atoms with Crippen LogP contribution in [-0.2, 0) is 0 Å². The Balaban J connectivity index is 2.21. The molecule has 0 spiro atoms. The number of aromatic nitrogens is 2. The number of nitrogens with one attached hydrogen (secondary N) is 2. The van der Waals surface area contributed by atoms with Crippen molar-refractivity contribution in [2.45, 2.75) is 0 Å². The second kappa shape index (κ2) is 3.72. The molecule has 3 nitrogen and oxygen atoms in total. The first kappa shape index (κ1) is 9.09. The number of aromatic amines is 1. The third-order valence-corrected chi connectivity index (χ3v) is 2.06. The maximum absolute atomic E-state index is 5.65. The number of hydrogen-bond donors (Lipinski definition) is 2. The highest BCUT2D eigenvalue weighted by Gasteiger charge is 1.97. The summed E-state index contributed by atoms with van der Waals surface area (Å²) >= 11 is 5.65. The van der Waals surface area contributed by atoms with Crippen molar-refractivity contribution >= 4 is 28.2 Å². The second-order valence-corrected chi connectivity index (χ2v) is 3.58. The van der Waals surface area contributed by atoms with Gasteiger partial charge in [0.25, 0.3) is 0 Å². The van der Waals surface area contributed by atoms with Crippen LogP contribution in [0.3, 0.4) is 0 Å². The minimum atomic E-state index is 0.571. The molecule has 0 unspecified atom stereocenters. The molecule has 1 heterocycles. The largest absolute Gasteiger partial charge is 0.380 e. The lowest BCUT2D eigenvalue weighted by Crippen LogP contribution is -2.00. The van der Waals surface area contributed by atoms with Gasteiger partial charge < -0.3 is 5.32 Å². The molecule has 2 aromatic rings. The van der Waals surface area contributed by atoms with Gasteiger partial charge in [-0.1, -0.05) is 18.2 Å². The van der Waals surface area contributed by atoms with Crippen LogP contribution in [0.2, 0.25) is 0 Å². The van der Waals surface area contributed by atoms with Crippen LogP contribution in [0.1, 0.15) is 0 Å². The summed E-state index contributed by atoms with van der Waals surface area (Å²) in [5.41, 5.74) is 2.01. The fraction of sp³-hybridized carbons (Fsp3) is 0.100. The summed E-state index contributed by atoms with van der Waals surface area (Å²) < 4.78 is 0. The van der Waals surface area contributed by atoms with Gasteiger partial charge in [-0.3, -0.25) is 5.10 Å². The molecule has 0 saturated heterocycles. The van der Waals surface area contributed by atoms with E-state index in [0.29, 0.717) is 11.6 Å². The Labute approximate surface area is 86.8 Å². The van der Waals surface area contributed by atoms with Crippen molar-refractivity contribution < 1.29 is 0 Å². The topological polar surface area (TPSA) is 40.7 Å². The molecule has 0 aliphatic heterocycles. The summed E-state index contributed by atoms with van der Waals surface area (Å²) in [6, 6.07) is 5.97. The van der Waals surface area contributed by atoms with Crippen LogP contribution >= 0.6 is 11.6 Å². The zero-order valence-electron chi connectivity index (χ0n) is 7.55. The first-order valence-electron chi connectivity index (χ1n) is 4.26. The highest BCUT2D eigenvalue weighted by Crippen LogP contribution is 2.16. The van der Waals surface area contributed by atoms with Crippen molar-refractivity contribution in [1.29, 1.82) is 0 Å². The summed E-state index contributed by atoms with van der Waals surface area (Å²) in [4.78, 5) is 0. The fourth-order valence-electron chi connectivity index (χ4n) is 1.24. The molecule has 0 fully saturated rings. The lowest BCUT2D eigenvalue weighted by atomic mass is 10.2. The Morgan fingerprint density at radius 2 is 2.43 bits per heavy atom. The number of rotatable bonds is 3. The first-order chi connectivity index (χ1) is 6.75. The van der Waals surface area contributed by atoms with Crippen LogP contribution in [0.25, 0.3) is 10.9 Å². The van der Waals surface area contributed by atoms with E-state index in [0.717, 1.165) is 16.6 Å². The zero-order valence-corrected chi connectivity index (χ0v) is 8.30. The van der Waals surface area contributed by atoms with Crippen molar-refractivity contribution in [3.63, 3.8) is 0 Å². The smallest absolute Gasteiger partial charge is 0.0670 e. The number of halogens is 1. The normalized spacial score (nSPS) is 10.4. The van der Waals surface area contributed by atoms with Gasteiger partial charge in [-0.2, -0.15) is 5.10 Å². The van der Waals surface area contributed by atoms with E-state index >= 15 is 0 Å². The predicted molar refractivity (Wildman–Crippen MR) is 59.6 cm³/mol. The molecule has 0 amide bonds. The molecule has 14 heavy (non-hydrogen) atoms. The van der Waals surface area contributed by atoms with Crippen LogP contribution in [0.5, 0.6) is 0 Å². The summed E-state index contributed by atoms with van der Waals surface area (Å²) in [6.07, 6.45) is 1.79. The summed E-state index contributed by atoms with van der Waals surface area (Å²) in [7, 11) is 0. The van der Waals surface area contributed by atoms with E-state index < -0.39 is 0 Å². The third kappa shape index (κ3) is 1.88.